The van der Waals surface area contributed by atoms with Gasteiger partial charge in [0.05, 0.1) is 27.1 Å². The standard InChI is InChI=1S/C38H33F2N3O2S/c1-2-18-38(39,40)29-11-7-6-10-28(29)31-15-12-26-21-27(13-14-30(26)42-31)35-34(25-8-4-3-5-9-25)36-32(22-33(46-36)37(44)45)43(35)23-24-16-19-41-20-17-24/h2,6-7,10-22,25H,3-5,8-9,23H2,1H3,(H,44,45)/b18-2+. The van der Waals surface area contributed by atoms with Crippen LogP contribution in [-0.2, 0) is 12.5 Å². The van der Waals surface area contributed by atoms with E-state index in [9.17, 15) is 9.90 Å². The number of thiophene rings is 1. The van der Waals surface area contributed by atoms with E-state index in [4.69, 9.17) is 4.98 Å². The number of aromatic carboxylic acids is 1. The average Bonchev–Trinajstić information content (AvgIpc) is 3.63. The van der Waals surface area contributed by atoms with Crippen LogP contribution in [0.4, 0.5) is 8.78 Å². The van der Waals surface area contributed by atoms with Crippen LogP contribution in [0.25, 0.3) is 43.6 Å². The molecule has 4 heterocycles. The number of rotatable bonds is 8. The molecule has 1 saturated carbocycles. The molecule has 46 heavy (non-hydrogen) atoms. The van der Waals surface area contributed by atoms with Gasteiger partial charge in [0.1, 0.15) is 4.88 Å². The second-order valence-corrected chi connectivity index (χ2v) is 13.0. The normalized spacial score (nSPS) is 14.5. The van der Waals surface area contributed by atoms with Gasteiger partial charge < -0.3 is 9.67 Å². The molecule has 0 spiro atoms. The maximum absolute atomic E-state index is 15.0. The van der Waals surface area contributed by atoms with Gasteiger partial charge >= 0.3 is 5.97 Å². The van der Waals surface area contributed by atoms with E-state index in [0.29, 0.717) is 34.1 Å². The molecule has 0 aliphatic heterocycles. The van der Waals surface area contributed by atoms with Gasteiger partial charge in [0.25, 0.3) is 5.92 Å². The Morgan fingerprint density at radius 3 is 2.57 bits per heavy atom. The van der Waals surface area contributed by atoms with Gasteiger partial charge in [-0.05, 0) is 84.8 Å². The van der Waals surface area contributed by atoms with E-state index in [-0.39, 0.29) is 5.56 Å². The fourth-order valence-corrected chi connectivity index (χ4v) is 8.01. The summed E-state index contributed by atoms with van der Waals surface area (Å²) in [6, 6.07) is 22.2. The minimum absolute atomic E-state index is 0.0802. The first-order chi connectivity index (χ1) is 22.3. The molecule has 6 aromatic rings. The number of hydrogen-bond acceptors (Lipinski definition) is 4. The number of carbonyl (C=O) groups is 1. The number of benzene rings is 2. The van der Waals surface area contributed by atoms with Gasteiger partial charge in [-0.15, -0.1) is 11.3 Å². The zero-order chi connectivity index (χ0) is 31.8. The van der Waals surface area contributed by atoms with Gasteiger partial charge in [-0.3, -0.25) is 4.98 Å². The summed E-state index contributed by atoms with van der Waals surface area (Å²) in [6.07, 6.45) is 11.5. The van der Waals surface area contributed by atoms with Crippen LogP contribution < -0.4 is 0 Å². The van der Waals surface area contributed by atoms with Gasteiger partial charge in [-0.2, -0.15) is 8.78 Å². The van der Waals surface area contributed by atoms with Crippen molar-refractivity contribution in [2.24, 2.45) is 0 Å². The summed E-state index contributed by atoms with van der Waals surface area (Å²) < 4.78 is 33.3. The van der Waals surface area contributed by atoms with Crippen molar-refractivity contribution in [3.63, 3.8) is 0 Å². The van der Waals surface area contributed by atoms with E-state index in [2.05, 4.69) is 21.7 Å². The Labute approximate surface area is 269 Å². The second kappa shape index (κ2) is 12.2. The van der Waals surface area contributed by atoms with E-state index >= 15 is 8.78 Å². The first kappa shape index (κ1) is 30.0. The maximum Gasteiger partial charge on any atom is 0.345 e. The van der Waals surface area contributed by atoms with E-state index in [1.165, 1.54) is 35.5 Å². The first-order valence-electron chi connectivity index (χ1n) is 15.6. The molecule has 0 bridgehead atoms. The minimum Gasteiger partial charge on any atom is -0.477 e. The third-order valence-corrected chi connectivity index (χ3v) is 10.1. The molecule has 232 valence electrons. The lowest BCUT2D eigenvalue weighted by molar-refractivity contribution is 0.0525. The Morgan fingerprint density at radius 1 is 1.02 bits per heavy atom. The van der Waals surface area contributed by atoms with Crippen LogP contribution in [0.5, 0.6) is 0 Å². The number of aromatic nitrogens is 3. The van der Waals surface area contributed by atoms with E-state index in [0.717, 1.165) is 64.2 Å². The molecular formula is C38H33F2N3O2S. The molecule has 0 saturated heterocycles. The lowest BCUT2D eigenvalue weighted by Gasteiger charge is -2.24. The number of halogens is 2. The summed E-state index contributed by atoms with van der Waals surface area (Å²) in [5.41, 5.74) is 6.89. The van der Waals surface area contributed by atoms with Crippen molar-refractivity contribution in [1.29, 1.82) is 0 Å². The van der Waals surface area contributed by atoms with Crippen LogP contribution in [-0.4, -0.2) is 25.6 Å². The highest BCUT2D eigenvalue weighted by atomic mass is 32.1. The molecule has 1 aliphatic rings. The van der Waals surface area contributed by atoms with Crippen molar-refractivity contribution in [2.45, 2.75) is 57.4 Å². The highest BCUT2D eigenvalue weighted by Crippen LogP contribution is 2.47. The molecule has 1 fully saturated rings. The van der Waals surface area contributed by atoms with Gasteiger partial charge in [0.15, 0.2) is 0 Å². The fourth-order valence-electron chi connectivity index (χ4n) is 6.89. The largest absolute Gasteiger partial charge is 0.477 e. The highest BCUT2D eigenvalue weighted by Gasteiger charge is 2.32. The number of nitrogens with zero attached hydrogens (tertiary/aromatic N) is 3. The van der Waals surface area contributed by atoms with Crippen molar-refractivity contribution in [1.82, 2.24) is 14.5 Å². The van der Waals surface area contributed by atoms with Crippen LogP contribution in [0.15, 0.2) is 97.3 Å². The Hall–Kier alpha value is -4.69. The Bertz CT molecular complexity index is 2090. The van der Waals surface area contributed by atoms with E-state index in [1.54, 1.807) is 37.5 Å². The smallest absolute Gasteiger partial charge is 0.345 e. The first-order valence-corrected chi connectivity index (χ1v) is 16.5. The van der Waals surface area contributed by atoms with Crippen molar-refractivity contribution in [2.75, 3.05) is 0 Å². The van der Waals surface area contributed by atoms with E-state index < -0.39 is 11.9 Å². The van der Waals surface area contributed by atoms with Crippen molar-refractivity contribution < 1.29 is 18.7 Å². The minimum atomic E-state index is -3.12. The number of fused-ring (bicyclic) bond motifs is 2. The number of pyridine rings is 2. The summed E-state index contributed by atoms with van der Waals surface area (Å²) in [5.74, 6) is -3.70. The molecule has 4 aromatic heterocycles. The molecule has 1 aliphatic carbocycles. The zero-order valence-corrected chi connectivity index (χ0v) is 26.2. The third-order valence-electron chi connectivity index (χ3n) is 8.99. The SMILES string of the molecule is C/C=C/C(F)(F)c1ccccc1-c1ccc2cc(-c3c(C4CCCCC4)c4sc(C(=O)O)cc4n3Cc3ccncc3)ccc2n1. The number of allylic oxidation sites excluding steroid dienone is 2. The number of carboxylic acids is 1. The molecule has 0 amide bonds. The molecule has 7 rings (SSSR count). The van der Waals surface area contributed by atoms with Gasteiger partial charge in [-0.1, -0.05) is 61.7 Å². The molecule has 1 N–H and O–H groups in total. The van der Waals surface area contributed by atoms with Crippen molar-refractivity contribution in [3.05, 3.63) is 119 Å². The van der Waals surface area contributed by atoms with Crippen LogP contribution >= 0.6 is 11.3 Å². The molecule has 8 heteroatoms. The number of carboxylic acid groups (broad SMARTS) is 1. The van der Waals surface area contributed by atoms with Crippen LogP contribution in [0, 0.1) is 0 Å². The lowest BCUT2D eigenvalue weighted by atomic mass is 9.83. The summed E-state index contributed by atoms with van der Waals surface area (Å²) >= 11 is 1.36. The Morgan fingerprint density at radius 2 is 1.80 bits per heavy atom. The number of alkyl halides is 2. The molecule has 5 nitrogen and oxygen atoms in total. The van der Waals surface area contributed by atoms with Crippen molar-refractivity contribution >= 4 is 38.4 Å². The monoisotopic (exact) mass is 633 g/mol. The average molecular weight is 634 g/mol. The Kier molecular flexibility index (Phi) is 7.99. The predicted octanol–water partition coefficient (Wildman–Crippen LogP) is 10.4. The summed E-state index contributed by atoms with van der Waals surface area (Å²) in [7, 11) is 0. The van der Waals surface area contributed by atoms with Crippen LogP contribution in [0.2, 0.25) is 0 Å². The van der Waals surface area contributed by atoms with Crippen molar-refractivity contribution in [3.8, 4) is 22.5 Å². The molecule has 2 aromatic carbocycles. The maximum atomic E-state index is 15.0. The fraction of sp³-hybridized carbons (Fsp3) is 0.237. The zero-order valence-electron chi connectivity index (χ0n) is 25.4. The molecule has 0 unspecified atom stereocenters. The summed E-state index contributed by atoms with van der Waals surface area (Å²) in [6.45, 7) is 2.16. The topological polar surface area (TPSA) is 68.0 Å². The van der Waals surface area contributed by atoms with Gasteiger partial charge in [0, 0.05) is 35.5 Å². The molecular weight excluding hydrogens is 601 g/mol. The highest BCUT2D eigenvalue weighted by molar-refractivity contribution is 7.21. The van der Waals surface area contributed by atoms with Gasteiger partial charge in [-0.25, -0.2) is 9.78 Å². The third kappa shape index (κ3) is 5.51. The number of hydrogen-bond donors (Lipinski definition) is 1. The molecule has 0 atom stereocenters. The lowest BCUT2D eigenvalue weighted by Crippen LogP contribution is -2.11. The summed E-state index contributed by atoms with van der Waals surface area (Å²) in [4.78, 5) is 21.5. The Balaban J connectivity index is 1.40. The predicted molar refractivity (Wildman–Crippen MR) is 181 cm³/mol. The quantitative estimate of drug-likeness (QED) is 0.169. The van der Waals surface area contributed by atoms with Crippen LogP contribution in [0.3, 0.4) is 0 Å². The second-order valence-electron chi connectivity index (χ2n) is 11.9. The summed E-state index contributed by atoms with van der Waals surface area (Å²) in [5, 5.41) is 10.8. The molecule has 0 radical (unpaired) electrons. The van der Waals surface area contributed by atoms with E-state index in [1.807, 2.05) is 36.4 Å². The van der Waals surface area contributed by atoms with Crippen LogP contribution in [0.1, 0.15) is 71.3 Å². The van der Waals surface area contributed by atoms with Gasteiger partial charge in [0.2, 0.25) is 0 Å².